The Hall–Kier alpha value is -3.46. The molecule has 1 saturated carbocycles. The van der Waals surface area contributed by atoms with Gasteiger partial charge in [0.15, 0.2) is 9.75 Å². The van der Waals surface area contributed by atoms with E-state index in [1.807, 2.05) is 6.08 Å². The van der Waals surface area contributed by atoms with Crippen LogP contribution in [0, 0.1) is 17.8 Å². The number of hydrogen-bond acceptors (Lipinski definition) is 6. The van der Waals surface area contributed by atoms with Gasteiger partial charge in [0.25, 0.3) is 11.8 Å². The zero-order valence-electron chi connectivity index (χ0n) is 22.3. The first-order valence-electron chi connectivity index (χ1n) is 13.4. The summed E-state index contributed by atoms with van der Waals surface area (Å²) in [6.07, 6.45) is 3.81. The number of aliphatic hydroxyl groups excluding tert-OH is 1. The molecule has 10 heteroatoms. The van der Waals surface area contributed by atoms with E-state index in [1.54, 1.807) is 54.6 Å². The van der Waals surface area contributed by atoms with Crippen molar-refractivity contribution in [2.45, 2.75) is 28.5 Å². The summed E-state index contributed by atoms with van der Waals surface area (Å²) < 4.78 is 5.50. The molecular formula is C31H28Cl2N2O6. The number of amides is 4. The Balaban J connectivity index is 1.45. The first kappa shape index (κ1) is 27.7. The lowest BCUT2D eigenvalue weighted by atomic mass is 9.56. The Morgan fingerprint density at radius 3 is 2.32 bits per heavy atom. The number of rotatable bonds is 6. The Bertz CT molecular complexity index is 1510. The standard InChI is InChI=1S/C31H28Cl2N2O6/c1-3-17-4-8-19(9-5-17)35-26(37)22-13-12-21-23(24(22)27(35)38)16-30(32)28(39)34(2)29(40)31(30,33)25(21)18-6-10-20(11-7-18)41-15-14-36/h3-12,22-25,36H,1,13-16H2,2H3. The Kier molecular flexibility index (Phi) is 6.64. The molecule has 41 heavy (non-hydrogen) atoms. The van der Waals surface area contributed by atoms with Gasteiger partial charge in [0.1, 0.15) is 12.4 Å². The Labute approximate surface area is 247 Å². The summed E-state index contributed by atoms with van der Waals surface area (Å²) in [5.41, 5.74) is 2.67. The van der Waals surface area contributed by atoms with Crippen LogP contribution >= 0.6 is 23.2 Å². The van der Waals surface area contributed by atoms with Crippen LogP contribution in [-0.2, 0) is 19.2 Å². The number of anilines is 1. The van der Waals surface area contributed by atoms with Gasteiger partial charge in [-0.3, -0.25) is 29.0 Å². The van der Waals surface area contributed by atoms with Gasteiger partial charge in [-0.15, -0.1) is 23.2 Å². The van der Waals surface area contributed by atoms with Gasteiger partial charge < -0.3 is 9.84 Å². The Morgan fingerprint density at radius 2 is 1.68 bits per heavy atom. The number of hydrogen-bond donors (Lipinski definition) is 1. The normalized spacial score (nSPS) is 32.4. The van der Waals surface area contributed by atoms with Gasteiger partial charge in [-0.1, -0.05) is 48.6 Å². The van der Waals surface area contributed by atoms with Crippen molar-refractivity contribution in [3.05, 3.63) is 77.9 Å². The molecule has 212 valence electrons. The van der Waals surface area contributed by atoms with Crippen LogP contribution in [0.25, 0.3) is 6.08 Å². The Morgan fingerprint density at radius 1 is 1.00 bits per heavy atom. The van der Waals surface area contributed by atoms with Gasteiger partial charge >= 0.3 is 0 Å². The van der Waals surface area contributed by atoms with Crippen molar-refractivity contribution >= 4 is 58.6 Å². The van der Waals surface area contributed by atoms with Crippen molar-refractivity contribution < 1.29 is 29.0 Å². The molecule has 1 N–H and O–H groups in total. The summed E-state index contributed by atoms with van der Waals surface area (Å²) in [5, 5.41) is 9.09. The zero-order chi connectivity index (χ0) is 29.3. The molecule has 8 nitrogen and oxygen atoms in total. The maximum atomic E-state index is 14.0. The van der Waals surface area contributed by atoms with Crippen molar-refractivity contribution in [1.29, 1.82) is 0 Å². The zero-order valence-corrected chi connectivity index (χ0v) is 23.8. The average molecular weight is 595 g/mol. The molecule has 3 fully saturated rings. The van der Waals surface area contributed by atoms with E-state index < -0.39 is 45.2 Å². The number of aliphatic hydroxyl groups is 1. The maximum Gasteiger partial charge on any atom is 0.253 e. The van der Waals surface area contributed by atoms with Gasteiger partial charge in [-0.2, -0.15) is 0 Å². The largest absolute Gasteiger partial charge is 0.491 e. The number of nitrogens with zero attached hydrogens (tertiary/aromatic N) is 2. The molecule has 2 aromatic rings. The lowest BCUT2D eigenvalue weighted by Crippen LogP contribution is -2.60. The summed E-state index contributed by atoms with van der Waals surface area (Å²) in [6, 6.07) is 13.9. The van der Waals surface area contributed by atoms with E-state index in [9.17, 15) is 19.2 Å². The van der Waals surface area contributed by atoms with Crippen LogP contribution in [0.3, 0.4) is 0 Å². The summed E-state index contributed by atoms with van der Waals surface area (Å²) in [6.45, 7) is 3.72. The van der Waals surface area contributed by atoms with Crippen molar-refractivity contribution in [2.75, 3.05) is 25.2 Å². The molecule has 0 spiro atoms. The van der Waals surface area contributed by atoms with Gasteiger partial charge in [0, 0.05) is 13.0 Å². The number of allylic oxidation sites excluding steroid dienone is 2. The minimum atomic E-state index is -1.84. The van der Waals surface area contributed by atoms with E-state index in [-0.39, 0.29) is 37.9 Å². The molecule has 4 aliphatic rings. The molecule has 0 bridgehead atoms. The number of halogens is 2. The van der Waals surface area contributed by atoms with Crippen molar-refractivity contribution in [3.63, 3.8) is 0 Å². The monoisotopic (exact) mass is 594 g/mol. The fourth-order valence-electron chi connectivity index (χ4n) is 7.05. The second kappa shape index (κ2) is 9.82. The van der Waals surface area contributed by atoms with Crippen molar-refractivity contribution in [2.24, 2.45) is 17.8 Å². The highest BCUT2D eigenvalue weighted by molar-refractivity contribution is 6.53. The molecule has 6 rings (SSSR count). The van der Waals surface area contributed by atoms with Crippen LogP contribution in [0.15, 0.2) is 66.8 Å². The van der Waals surface area contributed by atoms with Gasteiger partial charge in [0.2, 0.25) is 11.8 Å². The molecular weight excluding hydrogens is 567 g/mol. The van der Waals surface area contributed by atoms with Crippen molar-refractivity contribution in [3.8, 4) is 5.75 Å². The summed E-state index contributed by atoms with van der Waals surface area (Å²) in [4.78, 5) is 53.4. The SMILES string of the molecule is C=Cc1ccc(N2C(=O)C3CC=C4C(CC5(Cl)C(=O)N(C)C(=O)C5(Cl)C4c4ccc(OCCO)cc4)C3C2=O)cc1. The highest BCUT2D eigenvalue weighted by Crippen LogP contribution is 2.65. The molecule has 4 amide bonds. The van der Waals surface area contributed by atoms with Crippen LogP contribution in [0.2, 0.25) is 0 Å². The van der Waals surface area contributed by atoms with Crippen molar-refractivity contribution in [1.82, 2.24) is 4.90 Å². The number of carbonyl (C=O) groups excluding carboxylic acids is 4. The summed E-state index contributed by atoms with van der Waals surface area (Å²) in [7, 11) is 1.36. The fraction of sp³-hybridized carbons (Fsp3) is 0.355. The minimum Gasteiger partial charge on any atom is -0.491 e. The van der Waals surface area contributed by atoms with Gasteiger partial charge in [-0.25, -0.2) is 0 Å². The average Bonchev–Trinajstić information content (AvgIpc) is 3.31. The van der Waals surface area contributed by atoms with Crippen LogP contribution in [-0.4, -0.2) is 63.6 Å². The number of alkyl halides is 2. The van der Waals surface area contributed by atoms with E-state index in [0.29, 0.717) is 17.0 Å². The van der Waals surface area contributed by atoms with E-state index in [4.69, 9.17) is 33.0 Å². The minimum absolute atomic E-state index is 0.0591. The fourth-order valence-corrected chi connectivity index (χ4v) is 8.07. The van der Waals surface area contributed by atoms with Crippen LogP contribution in [0.5, 0.6) is 5.75 Å². The maximum absolute atomic E-state index is 14.0. The quantitative estimate of drug-likeness (QED) is 0.309. The third kappa shape index (κ3) is 3.77. The molecule has 2 aliphatic heterocycles. The van der Waals surface area contributed by atoms with E-state index >= 15 is 0 Å². The first-order chi connectivity index (χ1) is 19.6. The predicted octanol–water partition coefficient (Wildman–Crippen LogP) is 3.89. The lowest BCUT2D eigenvalue weighted by Gasteiger charge is -2.50. The molecule has 2 aliphatic carbocycles. The van der Waals surface area contributed by atoms with Gasteiger partial charge in [0.05, 0.1) is 24.1 Å². The molecule has 2 aromatic carbocycles. The third-order valence-corrected chi connectivity index (χ3v) is 10.4. The van der Waals surface area contributed by atoms with E-state index in [1.165, 1.54) is 11.9 Å². The number of likely N-dealkylation sites (tertiary alicyclic amines) is 1. The molecule has 2 saturated heterocycles. The molecule has 2 heterocycles. The summed E-state index contributed by atoms with van der Waals surface area (Å²) in [5.74, 6) is -4.20. The summed E-state index contributed by atoms with van der Waals surface area (Å²) >= 11 is 14.4. The number of fused-ring (bicyclic) bond motifs is 4. The number of benzene rings is 2. The molecule has 0 radical (unpaired) electrons. The lowest BCUT2D eigenvalue weighted by molar-refractivity contribution is -0.138. The molecule has 6 unspecified atom stereocenters. The smallest absolute Gasteiger partial charge is 0.253 e. The van der Waals surface area contributed by atoms with E-state index in [0.717, 1.165) is 16.0 Å². The number of imide groups is 2. The van der Waals surface area contributed by atoms with E-state index in [2.05, 4.69) is 6.58 Å². The third-order valence-electron chi connectivity index (χ3n) is 8.97. The number of carbonyl (C=O) groups is 4. The predicted molar refractivity (Wildman–Crippen MR) is 154 cm³/mol. The topological polar surface area (TPSA) is 104 Å². The second-order valence-electron chi connectivity index (χ2n) is 10.9. The van der Waals surface area contributed by atoms with Crippen LogP contribution < -0.4 is 9.64 Å². The highest BCUT2D eigenvalue weighted by Gasteiger charge is 2.75. The first-order valence-corrected chi connectivity index (χ1v) is 14.2. The second-order valence-corrected chi connectivity index (χ2v) is 12.2. The van der Waals surface area contributed by atoms with Crippen LogP contribution in [0.4, 0.5) is 5.69 Å². The molecule has 0 aromatic heterocycles. The highest BCUT2D eigenvalue weighted by atomic mass is 35.5. The van der Waals surface area contributed by atoms with Gasteiger partial charge in [-0.05, 0) is 54.2 Å². The number of ether oxygens (including phenoxy) is 1. The van der Waals surface area contributed by atoms with Crippen LogP contribution in [0.1, 0.15) is 29.9 Å². The molecule has 6 atom stereocenters.